The lowest BCUT2D eigenvalue weighted by molar-refractivity contribution is -0.140. The maximum Gasteiger partial charge on any atom is 0.416 e. The van der Waals surface area contributed by atoms with Crippen LogP contribution in [0.2, 0.25) is 10.0 Å². The van der Waals surface area contributed by atoms with Gasteiger partial charge in [-0.3, -0.25) is 13.9 Å². The normalized spacial score (nSPS) is 12.5. The quantitative estimate of drug-likeness (QED) is 0.231. The van der Waals surface area contributed by atoms with E-state index in [-0.39, 0.29) is 33.6 Å². The van der Waals surface area contributed by atoms with Gasteiger partial charge in [-0.15, -0.1) is 0 Å². The summed E-state index contributed by atoms with van der Waals surface area (Å²) in [5, 5.41) is 3.24. The number of hydrogen-bond acceptors (Lipinski definition) is 4. The van der Waals surface area contributed by atoms with Crippen LogP contribution in [0.15, 0.2) is 71.6 Å². The Kier molecular flexibility index (Phi) is 11.5. The van der Waals surface area contributed by atoms with Gasteiger partial charge in [-0.1, -0.05) is 66.9 Å². The van der Waals surface area contributed by atoms with E-state index in [0.29, 0.717) is 28.9 Å². The van der Waals surface area contributed by atoms with Gasteiger partial charge in [0.25, 0.3) is 10.0 Å². The van der Waals surface area contributed by atoms with E-state index in [1.807, 2.05) is 6.92 Å². The smallest absolute Gasteiger partial charge is 0.354 e. The van der Waals surface area contributed by atoms with Gasteiger partial charge in [0, 0.05) is 13.1 Å². The first-order chi connectivity index (χ1) is 20.2. The molecule has 0 unspecified atom stereocenters. The van der Waals surface area contributed by atoms with E-state index in [9.17, 15) is 31.2 Å². The highest BCUT2D eigenvalue weighted by Gasteiger charge is 2.36. The standard InChI is InChI=1S/C30H32Cl2F3N3O4S/c1-4-15-36-29(40)27(5-2)37(18-21-11-14-25(31)26(32)16-21)28(39)19-38(23-8-6-7-22(17-23)30(33,34)35)43(41,42)24-12-9-20(3)10-13-24/h6-14,16-17,27H,4-5,15,18-19H2,1-3H3,(H,36,40)/t27-/m0/s1. The van der Waals surface area contributed by atoms with Crippen LogP contribution in [0.3, 0.4) is 0 Å². The van der Waals surface area contributed by atoms with Crippen LogP contribution in [-0.2, 0) is 32.3 Å². The van der Waals surface area contributed by atoms with Crippen LogP contribution in [-0.4, -0.2) is 44.3 Å². The Morgan fingerprint density at radius 3 is 2.21 bits per heavy atom. The third-order valence-corrected chi connectivity index (χ3v) is 9.15. The average molecular weight is 659 g/mol. The summed E-state index contributed by atoms with van der Waals surface area (Å²) in [7, 11) is -4.53. The molecule has 3 aromatic rings. The third kappa shape index (κ3) is 8.64. The van der Waals surface area contributed by atoms with Crippen molar-refractivity contribution in [2.24, 2.45) is 0 Å². The maximum absolute atomic E-state index is 14.0. The lowest BCUT2D eigenvalue weighted by Gasteiger charge is -2.33. The molecule has 0 radical (unpaired) electrons. The molecule has 0 saturated carbocycles. The number of aryl methyl sites for hydroxylation is 1. The molecule has 3 aromatic carbocycles. The summed E-state index contributed by atoms with van der Waals surface area (Å²) < 4.78 is 69.3. The molecule has 0 spiro atoms. The van der Waals surface area contributed by atoms with Crippen LogP contribution in [0.25, 0.3) is 0 Å². The Labute approximate surface area is 259 Å². The van der Waals surface area contributed by atoms with E-state index in [1.165, 1.54) is 35.2 Å². The van der Waals surface area contributed by atoms with E-state index in [2.05, 4.69) is 5.32 Å². The van der Waals surface area contributed by atoms with Gasteiger partial charge in [0.1, 0.15) is 12.6 Å². The first-order valence-electron chi connectivity index (χ1n) is 13.5. The highest BCUT2D eigenvalue weighted by molar-refractivity contribution is 7.92. The number of carbonyl (C=O) groups excluding carboxylic acids is 2. The molecule has 0 aliphatic heterocycles. The molecule has 13 heteroatoms. The Bertz CT molecular complexity index is 1550. The average Bonchev–Trinajstić information content (AvgIpc) is 2.96. The molecule has 1 N–H and O–H groups in total. The second-order valence-electron chi connectivity index (χ2n) is 9.86. The van der Waals surface area contributed by atoms with Gasteiger partial charge in [0.05, 0.1) is 26.2 Å². The highest BCUT2D eigenvalue weighted by Crippen LogP contribution is 2.33. The van der Waals surface area contributed by atoms with Gasteiger partial charge in [-0.05, 0) is 67.8 Å². The van der Waals surface area contributed by atoms with Crippen molar-refractivity contribution in [1.82, 2.24) is 10.2 Å². The van der Waals surface area contributed by atoms with Crippen molar-refractivity contribution in [2.75, 3.05) is 17.4 Å². The van der Waals surface area contributed by atoms with E-state index in [0.717, 1.165) is 17.7 Å². The van der Waals surface area contributed by atoms with Crippen molar-refractivity contribution in [3.63, 3.8) is 0 Å². The molecule has 0 fully saturated rings. The summed E-state index contributed by atoms with van der Waals surface area (Å²) in [6.07, 6.45) is -3.94. The second-order valence-corrected chi connectivity index (χ2v) is 12.5. The Hall–Kier alpha value is -3.28. The number of nitrogens with one attached hydrogen (secondary N) is 1. The van der Waals surface area contributed by atoms with Gasteiger partial charge in [-0.25, -0.2) is 8.42 Å². The summed E-state index contributed by atoms with van der Waals surface area (Å²) in [6.45, 7) is 4.63. The van der Waals surface area contributed by atoms with Crippen LogP contribution in [0, 0.1) is 6.92 Å². The van der Waals surface area contributed by atoms with E-state index < -0.39 is 46.2 Å². The molecule has 232 valence electrons. The molecule has 3 rings (SSSR count). The van der Waals surface area contributed by atoms with Crippen molar-refractivity contribution < 1.29 is 31.2 Å². The first-order valence-corrected chi connectivity index (χ1v) is 15.7. The molecule has 7 nitrogen and oxygen atoms in total. The summed E-state index contributed by atoms with van der Waals surface area (Å²) in [6, 6.07) is 13.1. The summed E-state index contributed by atoms with van der Waals surface area (Å²) in [4.78, 5) is 28.2. The van der Waals surface area contributed by atoms with E-state index >= 15 is 0 Å². The van der Waals surface area contributed by atoms with Crippen LogP contribution in [0.1, 0.15) is 43.4 Å². The predicted molar refractivity (Wildman–Crippen MR) is 162 cm³/mol. The number of rotatable bonds is 12. The zero-order valence-corrected chi connectivity index (χ0v) is 26.1. The summed E-state index contributed by atoms with van der Waals surface area (Å²) in [5.41, 5.74) is -0.171. The zero-order valence-electron chi connectivity index (χ0n) is 23.8. The van der Waals surface area contributed by atoms with Crippen molar-refractivity contribution in [2.45, 2.75) is 57.3 Å². The molecular weight excluding hydrogens is 626 g/mol. The number of nitrogens with zero attached hydrogens (tertiary/aromatic N) is 2. The molecule has 1 atom stereocenters. The van der Waals surface area contributed by atoms with Gasteiger partial charge in [0.2, 0.25) is 11.8 Å². The fraction of sp³-hybridized carbons (Fsp3) is 0.333. The second kappa shape index (κ2) is 14.5. The molecule has 0 heterocycles. The molecule has 0 aromatic heterocycles. The molecule has 0 aliphatic rings. The maximum atomic E-state index is 14.0. The fourth-order valence-corrected chi connectivity index (χ4v) is 6.05. The third-order valence-electron chi connectivity index (χ3n) is 6.62. The van der Waals surface area contributed by atoms with Gasteiger partial charge < -0.3 is 10.2 Å². The number of hydrogen-bond donors (Lipinski definition) is 1. The number of sulfonamides is 1. The van der Waals surface area contributed by atoms with Gasteiger partial charge >= 0.3 is 6.18 Å². The molecule has 2 amide bonds. The molecule has 0 saturated heterocycles. The summed E-state index contributed by atoms with van der Waals surface area (Å²) >= 11 is 12.2. The Morgan fingerprint density at radius 2 is 1.63 bits per heavy atom. The zero-order chi connectivity index (χ0) is 31.9. The lowest BCUT2D eigenvalue weighted by Crippen LogP contribution is -2.52. The molecule has 0 aliphatic carbocycles. The SMILES string of the molecule is CCCNC(=O)[C@H](CC)N(Cc1ccc(Cl)c(Cl)c1)C(=O)CN(c1cccc(C(F)(F)F)c1)S(=O)(=O)c1ccc(C)cc1. The highest BCUT2D eigenvalue weighted by atomic mass is 35.5. The predicted octanol–water partition coefficient (Wildman–Crippen LogP) is 6.85. The molecule has 43 heavy (non-hydrogen) atoms. The van der Waals surface area contributed by atoms with Crippen LogP contribution in [0.5, 0.6) is 0 Å². The number of benzene rings is 3. The van der Waals surface area contributed by atoms with Gasteiger partial charge in [0.15, 0.2) is 0 Å². The fourth-order valence-electron chi connectivity index (χ4n) is 4.32. The minimum absolute atomic E-state index is 0.144. The van der Waals surface area contributed by atoms with E-state index in [4.69, 9.17) is 23.2 Å². The summed E-state index contributed by atoms with van der Waals surface area (Å²) in [5.74, 6) is -1.26. The van der Waals surface area contributed by atoms with Gasteiger partial charge in [-0.2, -0.15) is 13.2 Å². The minimum Gasteiger partial charge on any atom is -0.354 e. The topological polar surface area (TPSA) is 86.8 Å². The lowest BCUT2D eigenvalue weighted by atomic mass is 10.1. The first kappa shape index (κ1) is 34.2. The molecular formula is C30H32Cl2F3N3O4S. The Morgan fingerprint density at radius 1 is 0.953 bits per heavy atom. The van der Waals surface area contributed by atoms with Crippen molar-refractivity contribution in [1.29, 1.82) is 0 Å². The number of anilines is 1. The van der Waals surface area contributed by atoms with Crippen molar-refractivity contribution in [3.05, 3.63) is 93.5 Å². The van der Waals surface area contributed by atoms with Crippen LogP contribution >= 0.6 is 23.2 Å². The molecule has 0 bridgehead atoms. The largest absolute Gasteiger partial charge is 0.416 e. The van der Waals surface area contributed by atoms with Crippen molar-refractivity contribution in [3.8, 4) is 0 Å². The number of alkyl halides is 3. The van der Waals surface area contributed by atoms with Crippen LogP contribution < -0.4 is 9.62 Å². The number of amides is 2. The number of halogens is 5. The minimum atomic E-state index is -4.76. The monoisotopic (exact) mass is 657 g/mol. The van der Waals surface area contributed by atoms with E-state index in [1.54, 1.807) is 32.0 Å². The van der Waals surface area contributed by atoms with Crippen molar-refractivity contribution >= 4 is 50.7 Å². The Balaban J connectivity index is 2.12. The number of carbonyl (C=O) groups is 2. The van der Waals surface area contributed by atoms with Crippen LogP contribution in [0.4, 0.5) is 18.9 Å².